The van der Waals surface area contributed by atoms with E-state index in [9.17, 15) is 28.9 Å². The molecule has 1 aromatic carbocycles. The van der Waals surface area contributed by atoms with Crippen molar-refractivity contribution in [1.29, 1.82) is 0 Å². The standard InChI is InChI=1S/C15H15FN2O7/c1-3-24-13(19)6-7-14(20)25-9(2)15(21)17-10-4-5-11(16)12(8-10)18(22)23/h4-9H,3H2,1-2H3,(H,17,21)/b7-6+/t9-/m1/s1. The maximum Gasteiger partial charge on any atom is 0.331 e. The molecule has 0 radical (unpaired) electrons. The molecule has 0 aliphatic carbocycles. The van der Waals surface area contributed by atoms with Crippen LogP contribution in [0.25, 0.3) is 0 Å². The summed E-state index contributed by atoms with van der Waals surface area (Å²) in [6.07, 6.45) is 0.382. The van der Waals surface area contributed by atoms with Crippen LogP contribution < -0.4 is 5.32 Å². The van der Waals surface area contributed by atoms with E-state index in [1.165, 1.54) is 6.92 Å². The van der Waals surface area contributed by atoms with Crippen molar-refractivity contribution in [3.05, 3.63) is 46.3 Å². The number of benzene rings is 1. The highest BCUT2D eigenvalue weighted by Gasteiger charge is 2.19. The van der Waals surface area contributed by atoms with Crippen molar-refractivity contribution in [3.63, 3.8) is 0 Å². The summed E-state index contributed by atoms with van der Waals surface area (Å²) >= 11 is 0. The Kier molecular flexibility index (Phi) is 7.19. The van der Waals surface area contributed by atoms with E-state index in [1.807, 2.05) is 0 Å². The molecule has 0 bridgehead atoms. The van der Waals surface area contributed by atoms with Gasteiger partial charge in [-0.1, -0.05) is 0 Å². The molecule has 0 spiro atoms. The summed E-state index contributed by atoms with van der Waals surface area (Å²) in [4.78, 5) is 44.1. The Morgan fingerprint density at radius 1 is 1.32 bits per heavy atom. The fraction of sp³-hybridized carbons (Fsp3) is 0.267. The lowest BCUT2D eigenvalue weighted by Gasteiger charge is -2.12. The van der Waals surface area contributed by atoms with Crippen LogP contribution in [-0.4, -0.2) is 35.5 Å². The van der Waals surface area contributed by atoms with Crippen LogP contribution in [0.5, 0.6) is 0 Å². The number of anilines is 1. The number of nitrogens with one attached hydrogen (secondary N) is 1. The highest BCUT2D eigenvalue weighted by atomic mass is 19.1. The summed E-state index contributed by atoms with van der Waals surface area (Å²) < 4.78 is 22.6. The van der Waals surface area contributed by atoms with Crippen molar-refractivity contribution in [3.8, 4) is 0 Å². The van der Waals surface area contributed by atoms with E-state index in [0.717, 1.165) is 30.4 Å². The van der Waals surface area contributed by atoms with Crippen LogP contribution in [0.4, 0.5) is 15.8 Å². The minimum atomic E-state index is -1.26. The number of nitro benzene ring substituents is 1. The lowest BCUT2D eigenvalue weighted by atomic mass is 10.2. The first-order valence-electron chi connectivity index (χ1n) is 7.04. The Hall–Kier alpha value is -3.30. The van der Waals surface area contributed by atoms with Crippen LogP contribution in [0.1, 0.15) is 13.8 Å². The number of carbonyl (C=O) groups is 3. The molecule has 0 aromatic heterocycles. The molecule has 0 saturated heterocycles. The van der Waals surface area contributed by atoms with Crippen LogP contribution in [0, 0.1) is 15.9 Å². The van der Waals surface area contributed by atoms with Gasteiger partial charge < -0.3 is 14.8 Å². The summed E-state index contributed by atoms with van der Waals surface area (Å²) in [6.45, 7) is 2.99. The number of hydrogen-bond acceptors (Lipinski definition) is 7. The number of esters is 2. The van der Waals surface area contributed by atoms with Gasteiger partial charge in [0.25, 0.3) is 5.91 Å². The molecule has 10 heteroatoms. The largest absolute Gasteiger partial charge is 0.463 e. The molecule has 0 unspecified atom stereocenters. The molecule has 1 aromatic rings. The van der Waals surface area contributed by atoms with E-state index in [2.05, 4.69) is 10.1 Å². The van der Waals surface area contributed by atoms with Gasteiger partial charge in [0.15, 0.2) is 6.10 Å². The van der Waals surface area contributed by atoms with Crippen molar-refractivity contribution in [2.24, 2.45) is 0 Å². The third kappa shape index (κ3) is 6.37. The summed E-state index contributed by atoms with van der Waals surface area (Å²) in [7, 11) is 0. The highest BCUT2D eigenvalue weighted by Crippen LogP contribution is 2.21. The number of rotatable bonds is 7. The summed E-state index contributed by atoms with van der Waals surface area (Å²) in [6, 6.07) is 2.78. The number of amides is 1. The fourth-order valence-electron chi connectivity index (χ4n) is 1.57. The molecular formula is C15H15FN2O7. The average Bonchev–Trinajstić information content (AvgIpc) is 2.54. The van der Waals surface area contributed by atoms with E-state index in [0.29, 0.717) is 0 Å². The van der Waals surface area contributed by atoms with E-state index in [-0.39, 0.29) is 12.3 Å². The number of hydrogen-bond donors (Lipinski definition) is 1. The number of nitrogens with zero attached hydrogens (tertiary/aromatic N) is 1. The molecule has 0 saturated carbocycles. The number of nitro groups is 1. The Morgan fingerprint density at radius 3 is 2.56 bits per heavy atom. The molecule has 25 heavy (non-hydrogen) atoms. The van der Waals surface area contributed by atoms with Gasteiger partial charge in [-0.2, -0.15) is 4.39 Å². The van der Waals surface area contributed by atoms with Crippen molar-refractivity contribution in [1.82, 2.24) is 0 Å². The third-order valence-electron chi connectivity index (χ3n) is 2.71. The summed E-state index contributed by atoms with van der Waals surface area (Å²) in [5.74, 6) is -3.54. The second-order valence-corrected chi connectivity index (χ2v) is 4.58. The van der Waals surface area contributed by atoms with Crippen LogP contribution >= 0.6 is 0 Å². The molecule has 1 atom stereocenters. The Balaban J connectivity index is 2.65. The molecule has 0 aliphatic heterocycles. The molecule has 1 N–H and O–H groups in total. The first-order valence-corrected chi connectivity index (χ1v) is 7.04. The molecular weight excluding hydrogens is 339 g/mol. The van der Waals surface area contributed by atoms with Gasteiger partial charge in [-0.25, -0.2) is 9.59 Å². The second-order valence-electron chi connectivity index (χ2n) is 4.58. The summed E-state index contributed by atoms with van der Waals surface area (Å²) in [5, 5.41) is 12.9. The minimum absolute atomic E-state index is 0.0388. The van der Waals surface area contributed by atoms with Gasteiger partial charge in [0, 0.05) is 23.9 Å². The fourth-order valence-corrected chi connectivity index (χ4v) is 1.57. The van der Waals surface area contributed by atoms with Gasteiger partial charge >= 0.3 is 17.6 Å². The van der Waals surface area contributed by atoms with Crippen molar-refractivity contribution >= 4 is 29.2 Å². The van der Waals surface area contributed by atoms with E-state index in [1.54, 1.807) is 6.92 Å². The van der Waals surface area contributed by atoms with Gasteiger partial charge in [-0.15, -0.1) is 0 Å². The molecule has 0 fully saturated rings. The van der Waals surface area contributed by atoms with Crippen molar-refractivity contribution < 1.29 is 33.2 Å². The van der Waals surface area contributed by atoms with Crippen molar-refractivity contribution in [2.75, 3.05) is 11.9 Å². The maximum atomic E-state index is 13.2. The van der Waals surface area contributed by atoms with E-state index >= 15 is 0 Å². The monoisotopic (exact) mass is 354 g/mol. The summed E-state index contributed by atoms with van der Waals surface area (Å²) in [5.41, 5.74) is -0.845. The highest BCUT2D eigenvalue weighted by molar-refractivity contribution is 5.97. The SMILES string of the molecule is CCOC(=O)/C=C/C(=O)O[C@H](C)C(=O)Nc1ccc(F)c([N+](=O)[O-])c1. The molecule has 134 valence electrons. The predicted octanol–water partition coefficient (Wildman–Crippen LogP) is 1.72. The van der Waals surface area contributed by atoms with Crippen LogP contribution in [0.15, 0.2) is 30.4 Å². The van der Waals surface area contributed by atoms with E-state index in [4.69, 9.17) is 4.74 Å². The Morgan fingerprint density at radius 2 is 1.96 bits per heavy atom. The molecule has 0 aliphatic rings. The van der Waals surface area contributed by atoms with Gasteiger partial charge in [-0.3, -0.25) is 14.9 Å². The second kappa shape index (κ2) is 9.11. The predicted molar refractivity (Wildman–Crippen MR) is 83.0 cm³/mol. The maximum absolute atomic E-state index is 13.2. The van der Waals surface area contributed by atoms with Gasteiger partial charge in [0.05, 0.1) is 11.5 Å². The van der Waals surface area contributed by atoms with E-state index < -0.39 is 40.4 Å². The number of ether oxygens (including phenoxy) is 2. The quantitative estimate of drug-likeness (QED) is 0.342. The van der Waals surface area contributed by atoms with Crippen LogP contribution in [0.2, 0.25) is 0 Å². The smallest absolute Gasteiger partial charge is 0.331 e. The Labute approximate surface area is 141 Å². The first-order chi connectivity index (χ1) is 11.7. The van der Waals surface area contributed by atoms with Crippen molar-refractivity contribution in [2.45, 2.75) is 20.0 Å². The van der Waals surface area contributed by atoms with Crippen LogP contribution in [-0.2, 0) is 23.9 Å². The zero-order chi connectivity index (χ0) is 19.0. The lowest BCUT2D eigenvalue weighted by Crippen LogP contribution is -2.29. The molecule has 9 nitrogen and oxygen atoms in total. The zero-order valence-corrected chi connectivity index (χ0v) is 13.4. The molecule has 1 amide bonds. The topological polar surface area (TPSA) is 125 Å². The van der Waals surface area contributed by atoms with Crippen LogP contribution in [0.3, 0.4) is 0 Å². The third-order valence-corrected chi connectivity index (χ3v) is 2.71. The minimum Gasteiger partial charge on any atom is -0.463 e. The number of halogens is 1. The zero-order valence-electron chi connectivity index (χ0n) is 13.4. The first kappa shape index (κ1) is 19.7. The Bertz CT molecular complexity index is 718. The van der Waals surface area contributed by atoms with Gasteiger partial charge in [0.2, 0.25) is 5.82 Å². The average molecular weight is 354 g/mol. The lowest BCUT2D eigenvalue weighted by molar-refractivity contribution is -0.387. The van der Waals surface area contributed by atoms with Gasteiger partial charge in [-0.05, 0) is 26.0 Å². The van der Waals surface area contributed by atoms with Gasteiger partial charge in [0.1, 0.15) is 0 Å². The molecule has 1 rings (SSSR count). The molecule has 0 heterocycles. The normalized spacial score (nSPS) is 11.6. The number of carbonyl (C=O) groups excluding carboxylic acids is 3.